The van der Waals surface area contributed by atoms with Crippen molar-refractivity contribution in [3.63, 3.8) is 0 Å². The number of nitrogen functional groups attached to an aromatic ring is 1. The molecule has 0 aliphatic heterocycles. The van der Waals surface area contributed by atoms with Crippen molar-refractivity contribution in [1.29, 1.82) is 0 Å². The Hall–Kier alpha value is -6.42. The van der Waals surface area contributed by atoms with Crippen LogP contribution in [0.1, 0.15) is 130 Å². The van der Waals surface area contributed by atoms with Crippen LogP contribution in [0.25, 0.3) is 0 Å². The molecule has 9 rings (SSSR count). The summed E-state index contributed by atoms with van der Waals surface area (Å²) in [6.45, 7) is 43.4. The van der Waals surface area contributed by atoms with E-state index in [1.54, 1.807) is 17.6 Å². The molecule has 2 N–H and O–H groups in total. The van der Waals surface area contributed by atoms with E-state index in [2.05, 4.69) is 181 Å². The number of nitrogens with zero attached hydrogens (tertiary/aromatic N) is 5. The van der Waals surface area contributed by atoms with Gasteiger partial charge in [0.2, 0.25) is 0 Å². The first-order valence-electron chi connectivity index (χ1n) is 25.3. The molecule has 0 unspecified atom stereocenters. The van der Waals surface area contributed by atoms with Gasteiger partial charge in [0.1, 0.15) is 11.6 Å². The lowest BCUT2D eigenvalue weighted by Crippen LogP contribution is -2.00. The van der Waals surface area contributed by atoms with Gasteiger partial charge in [0.05, 0.1) is 6.26 Å². The summed E-state index contributed by atoms with van der Waals surface area (Å²) in [6.07, 6.45) is 9.62. The number of pyridine rings is 2. The van der Waals surface area contributed by atoms with E-state index in [0.29, 0.717) is 5.92 Å². The van der Waals surface area contributed by atoms with E-state index in [0.717, 1.165) is 40.0 Å². The zero-order valence-corrected chi connectivity index (χ0v) is 50.9. The molecule has 0 radical (unpaired) electrons. The van der Waals surface area contributed by atoms with Crippen molar-refractivity contribution in [3.05, 3.63) is 238 Å². The van der Waals surface area contributed by atoms with Crippen LogP contribution in [0.15, 0.2) is 132 Å². The second kappa shape index (κ2) is 34.9. The first-order valence-corrected chi connectivity index (χ1v) is 27.0. The van der Waals surface area contributed by atoms with Gasteiger partial charge in [0.15, 0.2) is 0 Å². The maximum atomic E-state index is 5.56. The van der Waals surface area contributed by atoms with Gasteiger partial charge >= 0.3 is 0 Å². The smallest absolute Gasteiger partial charge is 0.125 e. The summed E-state index contributed by atoms with van der Waals surface area (Å²) >= 11 is 3.65. The van der Waals surface area contributed by atoms with E-state index >= 15 is 0 Å². The van der Waals surface area contributed by atoms with Gasteiger partial charge in [-0.1, -0.05) is 67.4 Å². The largest absolute Gasteiger partial charge is 0.469 e. The average molecular weight is 1040 g/mol. The van der Waals surface area contributed by atoms with Crippen LogP contribution < -0.4 is 5.73 Å². The van der Waals surface area contributed by atoms with Crippen LogP contribution >= 0.6 is 22.7 Å². The van der Waals surface area contributed by atoms with Gasteiger partial charge in [0.25, 0.3) is 0 Å². The Kier molecular flexibility index (Phi) is 30.9. The van der Waals surface area contributed by atoms with Crippen molar-refractivity contribution >= 4 is 28.4 Å². The molecule has 0 saturated carbocycles. The summed E-state index contributed by atoms with van der Waals surface area (Å²) in [7, 11) is 2.02. The van der Waals surface area contributed by atoms with Crippen LogP contribution in [0.5, 0.6) is 0 Å². The fourth-order valence-corrected chi connectivity index (χ4v) is 8.10. The lowest BCUT2D eigenvalue weighted by atomic mass is 10.1. The molecule has 0 aliphatic rings. The molecule has 0 atom stereocenters. The highest BCUT2D eigenvalue weighted by molar-refractivity contribution is 7.11. The van der Waals surface area contributed by atoms with Gasteiger partial charge in [0, 0.05) is 74.9 Å². The zero-order chi connectivity index (χ0) is 56.1. The molecule has 7 nitrogen and oxygen atoms in total. The minimum atomic E-state index is 0.497. The maximum absolute atomic E-state index is 5.56. The van der Waals surface area contributed by atoms with Gasteiger partial charge in [-0.15, -0.1) is 22.7 Å². The van der Waals surface area contributed by atoms with Crippen LogP contribution in [-0.2, 0) is 7.05 Å². The monoisotopic (exact) mass is 1030 g/mol. The molecular weight excluding hydrogens is 945 g/mol. The summed E-state index contributed by atoms with van der Waals surface area (Å²) in [6, 6.07) is 31.3. The zero-order valence-electron chi connectivity index (χ0n) is 49.2. The summed E-state index contributed by atoms with van der Waals surface area (Å²) in [4.78, 5) is 21.1. The minimum absolute atomic E-state index is 0.497. The van der Waals surface area contributed by atoms with Crippen molar-refractivity contribution in [2.45, 2.75) is 151 Å². The Morgan fingerprint density at radius 1 is 0.486 bits per heavy atom. The Morgan fingerprint density at radius 3 is 1.30 bits per heavy atom. The van der Waals surface area contributed by atoms with E-state index in [1.165, 1.54) is 75.8 Å². The topological polar surface area (TPSA) is 95.7 Å². The third-order valence-corrected chi connectivity index (χ3v) is 12.6. The number of nitrogens with two attached hydrogens (primary N) is 1. The number of benzene rings is 2. The number of furan rings is 1. The number of hydrogen-bond donors (Lipinski definition) is 1. The molecular formula is C65H90N6OS2. The fourth-order valence-electron chi connectivity index (χ4n) is 6.63. The van der Waals surface area contributed by atoms with Gasteiger partial charge in [-0.25, -0.2) is 9.97 Å². The van der Waals surface area contributed by atoms with E-state index in [1.807, 2.05) is 128 Å². The highest BCUT2D eigenvalue weighted by Crippen LogP contribution is 2.16. The highest BCUT2D eigenvalue weighted by atomic mass is 32.1. The second-order valence-electron chi connectivity index (χ2n) is 19.5. The summed E-state index contributed by atoms with van der Waals surface area (Å²) in [5, 5.41) is 2.16. The molecule has 0 amide bonds. The van der Waals surface area contributed by atoms with Crippen LogP contribution in [-0.4, -0.2) is 24.5 Å². The molecule has 74 heavy (non-hydrogen) atoms. The van der Waals surface area contributed by atoms with Crippen LogP contribution in [0.3, 0.4) is 0 Å². The number of rotatable bonds is 1. The Bertz CT molecular complexity index is 2530. The highest BCUT2D eigenvalue weighted by Gasteiger charge is 2.05. The number of hydrogen-bond acceptors (Lipinski definition) is 8. The Balaban J connectivity index is 0.000000418. The lowest BCUT2D eigenvalue weighted by molar-refractivity contribution is 0.533. The number of aromatic nitrogens is 5. The standard InChI is InChI=1S/C9H14N2.C9H13N.C8H11N.C8H10.C7H9N.C6H9N.C6H8O.2C6H8S/c1-6(2)9-7(3)5-10-8(4)11-9;1-6-5-7(2)9(4)10-8(6)3;1-6-3-7(2)5-8(9)4-6;1-7-3-5-8(2)6-4-7;1-6-3-4-7(2)8-5-6;1-6-3-4-7(2)5-6;2*1-5-3-6(2)7-4-5;1-5-3-4-6(2)7-5/h5-6H,1-4H3;5H,1-4H3;3-5H,9H2,1-2H3;3-6H,1-2H3;3-5H,1-2H3;3-5H,1-2H3;3*3-4H,1-2H3. The van der Waals surface area contributed by atoms with Crippen molar-refractivity contribution in [2.75, 3.05) is 5.73 Å². The van der Waals surface area contributed by atoms with Crippen molar-refractivity contribution in [2.24, 2.45) is 7.05 Å². The third kappa shape index (κ3) is 30.6. The summed E-state index contributed by atoms with van der Waals surface area (Å²) in [5.41, 5.74) is 24.9. The SMILES string of the molecule is Cc1cc(C)c(C)nc1C.Cc1cc(C)cc(N)c1.Cc1ccc(C)cc1.Cc1ccc(C)nc1.Cc1ccc(C)s1.Cc1ccn(C)c1.Cc1coc(C)c1.Cc1csc(C)c1.Cc1ncc(C)c(C(C)C)n1. The number of aryl methyl sites for hydroxylation is 20. The van der Waals surface area contributed by atoms with E-state index in [-0.39, 0.29) is 0 Å². The first-order chi connectivity index (χ1) is 34.6. The normalized spacial score (nSPS) is 9.66. The van der Waals surface area contributed by atoms with E-state index in [4.69, 9.17) is 10.2 Å². The van der Waals surface area contributed by atoms with Crippen molar-refractivity contribution in [1.82, 2.24) is 24.5 Å². The van der Waals surface area contributed by atoms with Gasteiger partial charge in [-0.05, 0) is 241 Å². The quantitative estimate of drug-likeness (QED) is 0.165. The molecule has 9 heteroatoms. The van der Waals surface area contributed by atoms with Gasteiger partial charge in [-0.3, -0.25) is 9.97 Å². The molecule has 0 bridgehead atoms. The van der Waals surface area contributed by atoms with Gasteiger partial charge in [-0.2, -0.15) is 0 Å². The van der Waals surface area contributed by atoms with Crippen molar-refractivity contribution in [3.8, 4) is 0 Å². The Morgan fingerprint density at radius 2 is 1.03 bits per heavy atom. The average Bonchev–Trinajstić information content (AvgIpc) is 4.12. The molecule has 398 valence electrons. The van der Waals surface area contributed by atoms with Crippen LogP contribution in [0.4, 0.5) is 5.69 Å². The van der Waals surface area contributed by atoms with Gasteiger partial charge < -0.3 is 14.7 Å². The first kappa shape index (κ1) is 65.6. The second-order valence-corrected chi connectivity index (χ2v) is 22.1. The van der Waals surface area contributed by atoms with Crippen molar-refractivity contribution < 1.29 is 4.42 Å². The maximum Gasteiger partial charge on any atom is 0.125 e. The summed E-state index contributed by atoms with van der Waals surface area (Å²) < 4.78 is 7.00. The minimum Gasteiger partial charge on any atom is -0.469 e. The molecule has 0 aliphatic carbocycles. The number of thiophene rings is 2. The fraction of sp³-hybridized carbons (Fsp3) is 0.354. The molecule has 7 aromatic heterocycles. The Labute approximate surface area is 456 Å². The third-order valence-electron chi connectivity index (χ3n) is 10.7. The molecule has 0 spiro atoms. The molecule has 0 saturated heterocycles. The van der Waals surface area contributed by atoms with E-state index < -0.39 is 0 Å². The predicted octanol–water partition coefficient (Wildman–Crippen LogP) is 18.4. The van der Waals surface area contributed by atoms with Crippen LogP contribution in [0.2, 0.25) is 0 Å². The number of anilines is 1. The lowest BCUT2D eigenvalue weighted by Gasteiger charge is -2.07. The molecule has 0 fully saturated rings. The predicted molar refractivity (Wildman–Crippen MR) is 325 cm³/mol. The summed E-state index contributed by atoms with van der Waals surface area (Å²) in [5.74, 6) is 2.34. The molecule has 9 aromatic rings. The van der Waals surface area contributed by atoms with Crippen LogP contribution in [0, 0.1) is 132 Å². The molecule has 2 aromatic carbocycles. The van der Waals surface area contributed by atoms with E-state index in [9.17, 15) is 0 Å². The molecule has 7 heterocycles.